The van der Waals surface area contributed by atoms with Gasteiger partial charge in [0.25, 0.3) is 5.82 Å². The molecule has 0 spiro atoms. The summed E-state index contributed by atoms with van der Waals surface area (Å²) in [6.45, 7) is 0. The Kier molecular flexibility index (Phi) is 5.57. The zero-order chi connectivity index (χ0) is 19.4. The number of hydrazone groups is 1. The summed E-state index contributed by atoms with van der Waals surface area (Å²) in [6, 6.07) is 14.0. The molecule has 0 unspecified atom stereocenters. The lowest BCUT2D eigenvalue weighted by molar-refractivity contribution is -0.452. The van der Waals surface area contributed by atoms with Crippen molar-refractivity contribution < 1.29 is 13.8 Å². The predicted molar refractivity (Wildman–Crippen MR) is 105 cm³/mol. The Labute approximate surface area is 161 Å². The van der Waals surface area contributed by atoms with Crippen LogP contribution in [0.1, 0.15) is 11.1 Å². The molecule has 3 aromatic rings. The van der Waals surface area contributed by atoms with Crippen molar-refractivity contribution in [2.24, 2.45) is 11.6 Å². The van der Waals surface area contributed by atoms with Gasteiger partial charge >= 0.3 is 0 Å². The van der Waals surface area contributed by atoms with E-state index in [2.05, 4.69) is 4.98 Å². The summed E-state index contributed by atoms with van der Waals surface area (Å²) in [7, 11) is 1.51. The largest absolute Gasteiger partial charge is 0.496 e. The Morgan fingerprint density at radius 2 is 2.04 bits per heavy atom. The third-order valence-corrected chi connectivity index (χ3v) is 4.38. The van der Waals surface area contributed by atoms with Crippen molar-refractivity contribution in [3.8, 4) is 16.9 Å². The highest BCUT2D eigenvalue weighted by atomic mass is 35.5. The number of ether oxygens (including phenoxy) is 1. The minimum Gasteiger partial charge on any atom is -0.496 e. The molecule has 138 valence electrons. The molecule has 0 radical (unpaired) electrons. The summed E-state index contributed by atoms with van der Waals surface area (Å²) in [5.41, 5.74) is 7.76. The van der Waals surface area contributed by atoms with Gasteiger partial charge in [0.2, 0.25) is 6.34 Å². The Hall–Kier alpha value is -3.12. The van der Waals surface area contributed by atoms with E-state index in [9.17, 15) is 0 Å². The Bertz CT molecular complexity index is 990. The normalized spacial score (nSPS) is 11.4. The van der Waals surface area contributed by atoms with E-state index in [1.807, 2.05) is 6.07 Å². The monoisotopic (exact) mass is 385 g/mol. The second kappa shape index (κ2) is 8.05. The van der Waals surface area contributed by atoms with E-state index in [0.29, 0.717) is 39.7 Å². The molecule has 3 rings (SSSR count). The van der Waals surface area contributed by atoms with Gasteiger partial charge in [0.05, 0.1) is 12.7 Å². The van der Waals surface area contributed by atoms with E-state index in [-0.39, 0.29) is 5.82 Å². The number of nitrogens with two attached hydrogens (primary N) is 2. The average Bonchev–Trinajstić information content (AvgIpc) is 2.69. The molecule has 0 saturated carbocycles. The second-order valence-electron chi connectivity index (χ2n) is 5.88. The van der Waals surface area contributed by atoms with Gasteiger partial charge < -0.3 is 10.5 Å². The van der Waals surface area contributed by atoms with Crippen LogP contribution in [-0.2, 0) is 6.42 Å². The average molecular weight is 386 g/mol. The minimum atomic E-state index is -0.351. The van der Waals surface area contributed by atoms with Crippen molar-refractivity contribution >= 4 is 23.8 Å². The molecule has 0 saturated heterocycles. The molecule has 27 heavy (non-hydrogen) atoms. The fourth-order valence-electron chi connectivity index (χ4n) is 2.79. The highest BCUT2D eigenvalue weighted by molar-refractivity contribution is 6.30. The smallest absolute Gasteiger partial charge is 0.283 e. The zero-order valence-electron chi connectivity index (χ0n) is 14.7. The fourth-order valence-corrected chi connectivity index (χ4v) is 2.98. The van der Waals surface area contributed by atoms with Gasteiger partial charge in [-0.3, -0.25) is 5.84 Å². The summed E-state index contributed by atoms with van der Waals surface area (Å²) in [5.74, 6) is 6.25. The van der Waals surface area contributed by atoms with Crippen molar-refractivity contribution in [1.82, 2.24) is 4.98 Å². The SMILES string of the molecule is COc1ccc(Cc2ccc([N+](N)=CN)nc2)c(F)c1-c1cccc(Cl)c1. The topological polar surface area (TPSA) is 77.2 Å². The lowest BCUT2D eigenvalue weighted by atomic mass is 9.97. The fraction of sp³-hybridized carbons (Fsp3) is 0.100. The summed E-state index contributed by atoms with van der Waals surface area (Å²) >= 11 is 6.07. The van der Waals surface area contributed by atoms with Gasteiger partial charge in [-0.2, -0.15) is 0 Å². The highest BCUT2D eigenvalue weighted by Crippen LogP contribution is 2.36. The van der Waals surface area contributed by atoms with E-state index in [0.717, 1.165) is 5.56 Å². The molecule has 1 heterocycles. The molecule has 0 bridgehead atoms. The van der Waals surface area contributed by atoms with Gasteiger partial charge in [-0.25, -0.2) is 4.39 Å². The number of hydrogen-bond donors (Lipinski definition) is 2. The number of hydrogen-bond acceptors (Lipinski definition) is 3. The van der Waals surface area contributed by atoms with E-state index in [1.54, 1.807) is 48.7 Å². The third kappa shape index (κ3) is 4.01. The maximum absolute atomic E-state index is 15.3. The van der Waals surface area contributed by atoms with Gasteiger partial charge in [-0.05, 0) is 41.0 Å². The molecule has 0 aliphatic heterocycles. The maximum Gasteiger partial charge on any atom is 0.283 e. The summed E-state index contributed by atoms with van der Waals surface area (Å²) in [5, 5.41) is 0.530. The summed E-state index contributed by atoms with van der Waals surface area (Å²) in [6.07, 6.45) is 3.22. The first kappa shape index (κ1) is 18.7. The van der Waals surface area contributed by atoms with Gasteiger partial charge in [0.1, 0.15) is 17.8 Å². The number of halogens is 2. The summed E-state index contributed by atoms with van der Waals surface area (Å²) in [4.78, 5) is 4.23. The molecular formula is C20H19ClFN4O+. The Morgan fingerprint density at radius 1 is 1.22 bits per heavy atom. The molecule has 0 atom stereocenters. The van der Waals surface area contributed by atoms with Crippen LogP contribution < -0.4 is 16.3 Å². The molecule has 0 aliphatic carbocycles. The molecule has 0 amide bonds. The lowest BCUT2D eigenvalue weighted by Gasteiger charge is -2.13. The Balaban J connectivity index is 1.99. The van der Waals surface area contributed by atoms with Crippen molar-refractivity contribution in [1.29, 1.82) is 0 Å². The third-order valence-electron chi connectivity index (χ3n) is 4.15. The molecule has 0 aliphatic rings. The molecule has 4 N–H and O–H groups in total. The maximum atomic E-state index is 15.3. The molecule has 1 aromatic heterocycles. The predicted octanol–water partition coefficient (Wildman–Crippen LogP) is 3.65. The van der Waals surface area contributed by atoms with E-state index >= 15 is 4.39 Å². The van der Waals surface area contributed by atoms with E-state index in [1.165, 1.54) is 18.1 Å². The number of rotatable bonds is 5. The van der Waals surface area contributed by atoms with Crippen LogP contribution in [0.15, 0.2) is 54.7 Å². The number of pyridine rings is 1. The first-order valence-electron chi connectivity index (χ1n) is 8.18. The number of hydrazine groups is 1. The van der Waals surface area contributed by atoms with E-state index < -0.39 is 0 Å². The summed E-state index contributed by atoms with van der Waals surface area (Å²) < 4.78 is 21.8. The van der Waals surface area contributed by atoms with Gasteiger partial charge in [-0.15, -0.1) is 9.67 Å². The van der Waals surface area contributed by atoms with Crippen LogP contribution in [-0.4, -0.2) is 23.1 Å². The van der Waals surface area contributed by atoms with E-state index in [4.69, 9.17) is 27.9 Å². The van der Waals surface area contributed by atoms with Crippen LogP contribution in [0, 0.1) is 5.82 Å². The second-order valence-corrected chi connectivity index (χ2v) is 6.32. The Morgan fingerprint density at radius 3 is 2.67 bits per heavy atom. The first-order valence-corrected chi connectivity index (χ1v) is 8.56. The molecular weight excluding hydrogens is 367 g/mol. The number of nitrogens with zero attached hydrogens (tertiary/aromatic N) is 2. The molecule has 2 aromatic carbocycles. The first-order chi connectivity index (χ1) is 13.0. The quantitative estimate of drug-likeness (QED) is 0.231. The highest BCUT2D eigenvalue weighted by Gasteiger charge is 2.17. The number of benzene rings is 2. The van der Waals surface area contributed by atoms with Crippen LogP contribution >= 0.6 is 11.6 Å². The van der Waals surface area contributed by atoms with Crippen LogP contribution in [0.25, 0.3) is 11.1 Å². The van der Waals surface area contributed by atoms with Crippen molar-refractivity contribution in [2.75, 3.05) is 7.11 Å². The molecule has 7 heteroatoms. The van der Waals surface area contributed by atoms with Crippen molar-refractivity contribution in [2.45, 2.75) is 6.42 Å². The van der Waals surface area contributed by atoms with Crippen LogP contribution in [0.2, 0.25) is 5.02 Å². The van der Waals surface area contributed by atoms with Crippen LogP contribution in [0.5, 0.6) is 5.75 Å². The van der Waals surface area contributed by atoms with Gasteiger partial charge in [0.15, 0.2) is 0 Å². The number of aromatic nitrogens is 1. The lowest BCUT2D eigenvalue weighted by Crippen LogP contribution is -2.20. The molecule has 5 nitrogen and oxygen atoms in total. The van der Waals surface area contributed by atoms with Gasteiger partial charge in [0, 0.05) is 17.5 Å². The molecule has 0 fully saturated rings. The van der Waals surface area contributed by atoms with Crippen LogP contribution in [0.3, 0.4) is 0 Å². The number of methoxy groups -OCH3 is 1. The van der Waals surface area contributed by atoms with Gasteiger partial charge in [-0.1, -0.05) is 29.8 Å². The zero-order valence-corrected chi connectivity index (χ0v) is 15.4. The standard InChI is InChI=1S/C20H18ClFN4O/c1-27-17-7-6-15(9-13-5-8-18(25-11-13)26(24)12-23)20(22)19(17)14-3-2-4-16(21)10-14/h2-8,10-12,23H,9,24H2,1H3/p+1. The van der Waals surface area contributed by atoms with Crippen LogP contribution in [0.4, 0.5) is 10.2 Å². The van der Waals surface area contributed by atoms with Crippen molar-refractivity contribution in [3.63, 3.8) is 0 Å². The minimum absolute atomic E-state index is 0.351. The van der Waals surface area contributed by atoms with Crippen molar-refractivity contribution in [3.05, 3.63) is 76.7 Å².